The minimum absolute atomic E-state index is 0.212. The maximum Gasteiger partial charge on any atom is 0.407 e. The molecule has 1 heterocycles. The molecule has 1 saturated carbocycles. The number of carbonyl (C=O) groups excluding carboxylic acids is 1. The van der Waals surface area contributed by atoms with Crippen LogP contribution in [-0.4, -0.2) is 25.9 Å². The lowest BCUT2D eigenvalue weighted by Crippen LogP contribution is -2.33. The molecule has 1 aliphatic carbocycles. The molecule has 2 fully saturated rings. The van der Waals surface area contributed by atoms with Crippen molar-refractivity contribution >= 4 is 6.09 Å². The number of alkyl carbamates (subject to hydrolysis) is 1. The third-order valence-electron chi connectivity index (χ3n) is 4.08. The third-order valence-corrected chi connectivity index (χ3v) is 4.08. The maximum absolute atomic E-state index is 11.3. The molecule has 0 bridgehead atoms. The highest BCUT2D eigenvalue weighted by Crippen LogP contribution is 2.35. The van der Waals surface area contributed by atoms with Gasteiger partial charge in [-0.25, -0.2) is 4.79 Å². The molecule has 1 saturated heterocycles. The molecule has 1 atom stereocenters. The molecule has 0 spiro atoms. The predicted molar refractivity (Wildman–Crippen MR) is 77.7 cm³/mol. The number of hydrogen-bond donors (Lipinski definition) is 1. The smallest absolute Gasteiger partial charge is 0.407 e. The van der Waals surface area contributed by atoms with E-state index in [2.05, 4.69) is 5.32 Å². The van der Waals surface area contributed by atoms with Crippen LogP contribution in [0.1, 0.15) is 43.8 Å². The van der Waals surface area contributed by atoms with E-state index in [1.165, 1.54) is 12.8 Å². The molecule has 3 rings (SSSR count). The van der Waals surface area contributed by atoms with Crippen LogP contribution in [0.5, 0.6) is 11.5 Å². The van der Waals surface area contributed by atoms with E-state index in [1.54, 1.807) is 7.11 Å². The van der Waals surface area contributed by atoms with Crippen molar-refractivity contribution in [3.63, 3.8) is 0 Å². The van der Waals surface area contributed by atoms with Gasteiger partial charge in [-0.15, -0.1) is 0 Å². The summed E-state index contributed by atoms with van der Waals surface area (Å²) >= 11 is 0. The summed E-state index contributed by atoms with van der Waals surface area (Å²) in [6.45, 7) is 0.633. The first kappa shape index (κ1) is 14.0. The summed E-state index contributed by atoms with van der Waals surface area (Å²) in [7, 11) is 1.64. The van der Waals surface area contributed by atoms with Gasteiger partial charge in [0.1, 0.15) is 6.10 Å². The average Bonchev–Trinajstić information content (AvgIpc) is 3.00. The molecule has 21 heavy (non-hydrogen) atoms. The van der Waals surface area contributed by atoms with Gasteiger partial charge in [-0.3, -0.25) is 0 Å². The van der Waals surface area contributed by atoms with Gasteiger partial charge in [0.05, 0.1) is 13.2 Å². The SMILES string of the molecule is COc1ccc(C2CCNC(=O)O2)cc1OC1CCCC1. The average molecular weight is 291 g/mol. The van der Waals surface area contributed by atoms with Gasteiger partial charge in [-0.2, -0.15) is 0 Å². The monoisotopic (exact) mass is 291 g/mol. The zero-order valence-corrected chi connectivity index (χ0v) is 12.3. The zero-order chi connectivity index (χ0) is 14.7. The summed E-state index contributed by atoms with van der Waals surface area (Å²) in [4.78, 5) is 11.3. The number of nitrogens with one attached hydrogen (secondary N) is 1. The molecule has 5 heteroatoms. The quantitative estimate of drug-likeness (QED) is 0.925. The maximum atomic E-state index is 11.3. The second-order valence-electron chi connectivity index (χ2n) is 5.54. The topological polar surface area (TPSA) is 56.8 Å². The van der Waals surface area contributed by atoms with Gasteiger partial charge < -0.3 is 19.5 Å². The molecule has 0 radical (unpaired) electrons. The Morgan fingerprint density at radius 2 is 2.00 bits per heavy atom. The summed E-state index contributed by atoms with van der Waals surface area (Å²) in [5.41, 5.74) is 0.957. The lowest BCUT2D eigenvalue weighted by atomic mass is 10.0. The van der Waals surface area contributed by atoms with Crippen LogP contribution >= 0.6 is 0 Å². The fourth-order valence-corrected chi connectivity index (χ4v) is 2.94. The highest BCUT2D eigenvalue weighted by molar-refractivity contribution is 5.68. The molecular weight excluding hydrogens is 270 g/mol. The van der Waals surface area contributed by atoms with Gasteiger partial charge >= 0.3 is 6.09 Å². The highest BCUT2D eigenvalue weighted by Gasteiger charge is 2.24. The molecule has 2 aliphatic rings. The number of cyclic esters (lactones) is 1. The number of carbonyl (C=O) groups is 1. The van der Waals surface area contributed by atoms with Crippen LogP contribution in [-0.2, 0) is 4.74 Å². The first-order valence-electron chi connectivity index (χ1n) is 7.55. The van der Waals surface area contributed by atoms with E-state index in [9.17, 15) is 4.79 Å². The molecular formula is C16H21NO4. The first-order valence-corrected chi connectivity index (χ1v) is 7.55. The summed E-state index contributed by atoms with van der Waals surface area (Å²) < 4.78 is 16.8. The van der Waals surface area contributed by atoms with Crippen molar-refractivity contribution in [2.45, 2.75) is 44.3 Å². The molecule has 114 valence electrons. The van der Waals surface area contributed by atoms with Crippen molar-refractivity contribution in [1.82, 2.24) is 5.32 Å². The molecule has 1 N–H and O–H groups in total. The Kier molecular flexibility index (Phi) is 4.18. The minimum atomic E-state index is -0.361. The second-order valence-corrected chi connectivity index (χ2v) is 5.54. The van der Waals surface area contributed by atoms with Crippen LogP contribution in [0.4, 0.5) is 4.79 Å². The molecule has 1 unspecified atom stereocenters. The number of methoxy groups -OCH3 is 1. The summed E-state index contributed by atoms with van der Waals surface area (Å²) in [6.07, 6.45) is 5.09. The molecule has 1 aromatic rings. The Morgan fingerprint density at radius 3 is 2.71 bits per heavy atom. The van der Waals surface area contributed by atoms with Gasteiger partial charge in [0, 0.05) is 13.0 Å². The van der Waals surface area contributed by atoms with Gasteiger partial charge in [-0.05, 0) is 43.4 Å². The van der Waals surface area contributed by atoms with E-state index in [1.807, 2.05) is 18.2 Å². The van der Waals surface area contributed by atoms with Crippen LogP contribution in [0.2, 0.25) is 0 Å². The predicted octanol–water partition coefficient (Wildman–Crippen LogP) is 3.19. The normalized spacial score (nSPS) is 22.5. The number of benzene rings is 1. The summed E-state index contributed by atoms with van der Waals surface area (Å²) in [5, 5.41) is 2.66. The molecule has 0 aromatic heterocycles. The van der Waals surface area contributed by atoms with Crippen LogP contribution in [0.3, 0.4) is 0 Å². The Morgan fingerprint density at radius 1 is 1.19 bits per heavy atom. The standard InChI is InChI=1S/C16H21NO4/c1-19-14-7-6-11(13-8-9-17-16(18)21-13)10-15(14)20-12-4-2-3-5-12/h6-7,10,12-13H,2-5,8-9H2,1H3,(H,17,18). The van der Waals surface area contributed by atoms with Gasteiger partial charge in [0.15, 0.2) is 11.5 Å². The van der Waals surface area contributed by atoms with Crippen LogP contribution in [0.25, 0.3) is 0 Å². The van der Waals surface area contributed by atoms with Gasteiger partial charge in [0.25, 0.3) is 0 Å². The second kappa shape index (κ2) is 6.24. The molecule has 1 aliphatic heterocycles. The molecule has 1 amide bonds. The van der Waals surface area contributed by atoms with Gasteiger partial charge in [0.2, 0.25) is 0 Å². The summed E-state index contributed by atoms with van der Waals surface area (Å²) in [5.74, 6) is 1.47. The molecule has 5 nitrogen and oxygen atoms in total. The Hall–Kier alpha value is -1.91. The summed E-state index contributed by atoms with van der Waals surface area (Å²) in [6, 6.07) is 5.76. The Labute approximate surface area is 124 Å². The van der Waals surface area contributed by atoms with E-state index < -0.39 is 0 Å². The van der Waals surface area contributed by atoms with E-state index in [4.69, 9.17) is 14.2 Å². The number of rotatable bonds is 4. The minimum Gasteiger partial charge on any atom is -0.493 e. The van der Waals surface area contributed by atoms with Crippen LogP contribution < -0.4 is 14.8 Å². The largest absolute Gasteiger partial charge is 0.493 e. The Bertz CT molecular complexity index is 511. The van der Waals surface area contributed by atoms with Crippen molar-refractivity contribution < 1.29 is 19.0 Å². The van der Waals surface area contributed by atoms with E-state index in [-0.39, 0.29) is 18.3 Å². The first-order chi connectivity index (χ1) is 10.3. The van der Waals surface area contributed by atoms with E-state index >= 15 is 0 Å². The highest BCUT2D eigenvalue weighted by atomic mass is 16.6. The van der Waals surface area contributed by atoms with E-state index in [0.717, 1.165) is 36.3 Å². The van der Waals surface area contributed by atoms with Crippen molar-refractivity contribution in [2.24, 2.45) is 0 Å². The van der Waals surface area contributed by atoms with Crippen molar-refractivity contribution in [3.8, 4) is 11.5 Å². The van der Waals surface area contributed by atoms with Crippen molar-refractivity contribution in [1.29, 1.82) is 0 Å². The third kappa shape index (κ3) is 3.23. The number of hydrogen-bond acceptors (Lipinski definition) is 4. The van der Waals surface area contributed by atoms with Crippen molar-refractivity contribution in [2.75, 3.05) is 13.7 Å². The van der Waals surface area contributed by atoms with Crippen LogP contribution in [0.15, 0.2) is 18.2 Å². The fourth-order valence-electron chi connectivity index (χ4n) is 2.94. The zero-order valence-electron chi connectivity index (χ0n) is 12.3. The lowest BCUT2D eigenvalue weighted by molar-refractivity contribution is 0.0735. The van der Waals surface area contributed by atoms with E-state index in [0.29, 0.717) is 6.54 Å². The lowest BCUT2D eigenvalue weighted by Gasteiger charge is -2.24. The fraction of sp³-hybridized carbons (Fsp3) is 0.562. The van der Waals surface area contributed by atoms with Crippen LogP contribution in [0, 0.1) is 0 Å². The number of amides is 1. The number of ether oxygens (including phenoxy) is 3. The Balaban J connectivity index is 1.79. The van der Waals surface area contributed by atoms with Gasteiger partial charge in [-0.1, -0.05) is 6.07 Å². The van der Waals surface area contributed by atoms with Crippen molar-refractivity contribution in [3.05, 3.63) is 23.8 Å². The molecule has 1 aromatic carbocycles.